The second-order valence-electron chi connectivity index (χ2n) is 5.69. The number of hydrogen-bond donors (Lipinski definition) is 2. The zero-order valence-electron chi connectivity index (χ0n) is 13.0. The van der Waals surface area contributed by atoms with Crippen LogP contribution in [0.1, 0.15) is 49.8 Å². The highest BCUT2D eigenvalue weighted by molar-refractivity contribution is 5.19. The van der Waals surface area contributed by atoms with E-state index in [1.165, 1.54) is 12.8 Å². The van der Waals surface area contributed by atoms with Crippen LogP contribution in [0.5, 0.6) is 0 Å². The molecule has 1 fully saturated rings. The average Bonchev–Trinajstić information content (AvgIpc) is 3.17. The van der Waals surface area contributed by atoms with Crippen molar-refractivity contribution in [2.45, 2.75) is 52.6 Å². The first-order chi connectivity index (χ1) is 9.52. The van der Waals surface area contributed by atoms with Gasteiger partial charge in [-0.3, -0.25) is 9.69 Å². The molecule has 1 aromatic rings. The number of aromatic nitrogens is 2. The molecule has 0 radical (unpaired) electrons. The Labute approximate surface area is 120 Å². The van der Waals surface area contributed by atoms with Crippen molar-refractivity contribution in [3.8, 4) is 0 Å². The van der Waals surface area contributed by atoms with E-state index in [1.54, 1.807) is 0 Å². The minimum atomic E-state index is -0.0236. The normalized spacial score (nSPS) is 16.6. The minimum Gasteiger partial charge on any atom is -0.310 e. The van der Waals surface area contributed by atoms with Gasteiger partial charge in [0.05, 0.1) is 5.56 Å². The Kier molecular flexibility index (Phi) is 4.94. The van der Waals surface area contributed by atoms with Crippen molar-refractivity contribution in [3.63, 3.8) is 0 Å². The molecule has 0 bridgehead atoms. The number of nitrogens with zero attached hydrogens (tertiary/aromatic N) is 2. The zero-order valence-corrected chi connectivity index (χ0v) is 13.0. The first kappa shape index (κ1) is 15.2. The van der Waals surface area contributed by atoms with Crippen LogP contribution in [-0.2, 0) is 0 Å². The number of aromatic amines is 1. The fourth-order valence-corrected chi connectivity index (χ4v) is 2.81. The molecule has 0 spiro atoms. The van der Waals surface area contributed by atoms with Crippen molar-refractivity contribution in [1.29, 1.82) is 0 Å². The van der Waals surface area contributed by atoms with Crippen LogP contribution < -0.4 is 10.9 Å². The summed E-state index contributed by atoms with van der Waals surface area (Å²) >= 11 is 0. The van der Waals surface area contributed by atoms with Crippen molar-refractivity contribution < 1.29 is 0 Å². The number of nitrogens with one attached hydrogen (secondary N) is 2. The predicted octanol–water partition coefficient (Wildman–Crippen LogP) is 1.52. The number of aryl methyl sites for hydroxylation is 2. The SMILES string of the molecule is CCN(CCNC(C)c1c(C)nc(C)[nH]c1=O)C1CC1. The Morgan fingerprint density at radius 3 is 2.70 bits per heavy atom. The molecular formula is C15H26N4O. The summed E-state index contributed by atoms with van der Waals surface area (Å²) in [6.45, 7) is 11.0. The smallest absolute Gasteiger partial charge is 0.255 e. The van der Waals surface area contributed by atoms with Gasteiger partial charge < -0.3 is 10.3 Å². The van der Waals surface area contributed by atoms with E-state index in [1.807, 2.05) is 20.8 Å². The maximum Gasteiger partial charge on any atom is 0.255 e. The molecule has 1 heterocycles. The van der Waals surface area contributed by atoms with E-state index in [-0.39, 0.29) is 11.6 Å². The third kappa shape index (κ3) is 3.67. The Hall–Kier alpha value is -1.20. The second kappa shape index (κ2) is 6.50. The summed E-state index contributed by atoms with van der Waals surface area (Å²) in [5.74, 6) is 0.675. The first-order valence-electron chi connectivity index (χ1n) is 7.57. The molecule has 1 aliphatic carbocycles. The molecule has 5 heteroatoms. The maximum absolute atomic E-state index is 12.0. The van der Waals surface area contributed by atoms with Crippen LogP contribution in [0, 0.1) is 13.8 Å². The van der Waals surface area contributed by atoms with Gasteiger partial charge in [-0.15, -0.1) is 0 Å². The van der Waals surface area contributed by atoms with Crippen molar-refractivity contribution in [2.75, 3.05) is 19.6 Å². The molecule has 1 atom stereocenters. The van der Waals surface area contributed by atoms with Gasteiger partial charge in [0, 0.05) is 30.9 Å². The van der Waals surface area contributed by atoms with Crippen LogP contribution in [-0.4, -0.2) is 40.5 Å². The Bertz CT molecular complexity index is 507. The number of H-pyrrole nitrogens is 1. The molecule has 2 N–H and O–H groups in total. The molecule has 0 saturated heterocycles. The lowest BCUT2D eigenvalue weighted by Crippen LogP contribution is -2.36. The van der Waals surface area contributed by atoms with Crippen LogP contribution in [0.3, 0.4) is 0 Å². The molecule has 5 nitrogen and oxygen atoms in total. The predicted molar refractivity (Wildman–Crippen MR) is 81.0 cm³/mol. The summed E-state index contributed by atoms with van der Waals surface area (Å²) in [4.78, 5) is 21.7. The lowest BCUT2D eigenvalue weighted by Gasteiger charge is -2.22. The van der Waals surface area contributed by atoms with Gasteiger partial charge >= 0.3 is 0 Å². The van der Waals surface area contributed by atoms with Crippen LogP contribution in [0.2, 0.25) is 0 Å². The van der Waals surface area contributed by atoms with Gasteiger partial charge in [-0.05, 0) is 40.2 Å². The molecule has 1 aliphatic rings. The summed E-state index contributed by atoms with van der Waals surface area (Å²) in [5, 5.41) is 3.45. The fourth-order valence-electron chi connectivity index (χ4n) is 2.81. The van der Waals surface area contributed by atoms with Gasteiger partial charge in [-0.1, -0.05) is 6.92 Å². The molecule has 0 aromatic carbocycles. The molecule has 112 valence electrons. The number of hydrogen-bond acceptors (Lipinski definition) is 4. The van der Waals surface area contributed by atoms with Crippen molar-refractivity contribution in [1.82, 2.24) is 20.2 Å². The summed E-state index contributed by atoms with van der Waals surface area (Å²) < 4.78 is 0. The van der Waals surface area contributed by atoms with Crippen LogP contribution >= 0.6 is 0 Å². The van der Waals surface area contributed by atoms with Crippen molar-refractivity contribution >= 4 is 0 Å². The zero-order chi connectivity index (χ0) is 14.7. The minimum absolute atomic E-state index is 0.0236. The fraction of sp³-hybridized carbons (Fsp3) is 0.733. The highest BCUT2D eigenvalue weighted by atomic mass is 16.1. The third-order valence-corrected chi connectivity index (χ3v) is 4.02. The monoisotopic (exact) mass is 278 g/mol. The van der Waals surface area contributed by atoms with E-state index in [2.05, 4.69) is 27.1 Å². The lowest BCUT2D eigenvalue weighted by molar-refractivity contribution is 0.273. The average molecular weight is 278 g/mol. The largest absolute Gasteiger partial charge is 0.310 e. The van der Waals surface area contributed by atoms with Crippen LogP contribution in [0.25, 0.3) is 0 Å². The van der Waals surface area contributed by atoms with Gasteiger partial charge in [0.15, 0.2) is 0 Å². The maximum atomic E-state index is 12.0. The van der Waals surface area contributed by atoms with E-state index in [4.69, 9.17) is 0 Å². The van der Waals surface area contributed by atoms with Gasteiger partial charge in [0.25, 0.3) is 5.56 Å². The van der Waals surface area contributed by atoms with Crippen molar-refractivity contribution in [3.05, 3.63) is 27.4 Å². The van der Waals surface area contributed by atoms with Gasteiger partial charge in [-0.25, -0.2) is 4.98 Å². The van der Waals surface area contributed by atoms with Crippen molar-refractivity contribution in [2.24, 2.45) is 0 Å². The molecule has 2 rings (SSSR count). The van der Waals surface area contributed by atoms with Gasteiger partial charge in [-0.2, -0.15) is 0 Å². The lowest BCUT2D eigenvalue weighted by atomic mass is 10.1. The Morgan fingerprint density at radius 1 is 1.45 bits per heavy atom. The Morgan fingerprint density at radius 2 is 2.15 bits per heavy atom. The molecule has 1 unspecified atom stereocenters. The van der Waals surface area contributed by atoms with E-state index in [0.29, 0.717) is 5.82 Å². The molecule has 1 aromatic heterocycles. The van der Waals surface area contributed by atoms with Gasteiger partial charge in [0.2, 0.25) is 0 Å². The molecule has 0 aliphatic heterocycles. The van der Waals surface area contributed by atoms with Crippen LogP contribution in [0.4, 0.5) is 0 Å². The highest BCUT2D eigenvalue weighted by Crippen LogP contribution is 2.25. The Balaban J connectivity index is 1.91. The number of rotatable bonds is 7. The first-order valence-corrected chi connectivity index (χ1v) is 7.57. The highest BCUT2D eigenvalue weighted by Gasteiger charge is 2.27. The topological polar surface area (TPSA) is 61.0 Å². The molecular weight excluding hydrogens is 252 g/mol. The second-order valence-corrected chi connectivity index (χ2v) is 5.69. The van der Waals surface area contributed by atoms with E-state index >= 15 is 0 Å². The molecule has 20 heavy (non-hydrogen) atoms. The standard InChI is InChI=1S/C15H26N4O/c1-5-19(13-6-7-13)9-8-16-10(2)14-11(3)17-12(4)18-15(14)20/h10,13,16H,5-9H2,1-4H3,(H,17,18,20). The number of likely N-dealkylation sites (N-methyl/N-ethyl adjacent to an activating group) is 1. The van der Waals surface area contributed by atoms with Gasteiger partial charge in [0.1, 0.15) is 5.82 Å². The quantitative estimate of drug-likeness (QED) is 0.794. The third-order valence-electron chi connectivity index (χ3n) is 4.02. The summed E-state index contributed by atoms with van der Waals surface area (Å²) in [6, 6.07) is 0.827. The van der Waals surface area contributed by atoms with E-state index < -0.39 is 0 Å². The summed E-state index contributed by atoms with van der Waals surface area (Å²) in [5.41, 5.74) is 1.55. The summed E-state index contributed by atoms with van der Waals surface area (Å²) in [7, 11) is 0. The van der Waals surface area contributed by atoms with E-state index in [0.717, 1.165) is 36.9 Å². The van der Waals surface area contributed by atoms with Crippen LogP contribution in [0.15, 0.2) is 4.79 Å². The van der Waals surface area contributed by atoms with E-state index in [9.17, 15) is 4.79 Å². The molecule has 1 saturated carbocycles. The molecule has 0 amide bonds. The summed E-state index contributed by atoms with van der Waals surface area (Å²) in [6.07, 6.45) is 2.67.